The maximum Gasteiger partial charge on any atom is 0.171 e. The average Bonchev–Trinajstić information content (AvgIpc) is 3.10. The van der Waals surface area contributed by atoms with Crippen molar-refractivity contribution in [3.8, 4) is 0 Å². The van der Waals surface area contributed by atoms with Crippen LogP contribution in [0.5, 0.6) is 0 Å². The van der Waals surface area contributed by atoms with Gasteiger partial charge in [0, 0.05) is 38.5 Å². The van der Waals surface area contributed by atoms with E-state index in [-0.39, 0.29) is 16.9 Å². The number of hydrogen-bond donors (Lipinski definition) is 1. The van der Waals surface area contributed by atoms with Gasteiger partial charge in [-0.25, -0.2) is 0 Å². The van der Waals surface area contributed by atoms with E-state index >= 15 is 0 Å². The molecule has 1 aromatic carbocycles. The average molecular weight is 493 g/mol. The first kappa shape index (κ1) is 23.2. The minimum atomic E-state index is -0.827. The normalized spacial score (nSPS) is 43.8. The molecule has 6 aliphatic rings. The van der Waals surface area contributed by atoms with Crippen molar-refractivity contribution in [1.82, 2.24) is 0 Å². The van der Waals surface area contributed by atoms with Gasteiger partial charge in [-0.1, -0.05) is 24.4 Å². The van der Waals surface area contributed by atoms with Gasteiger partial charge >= 0.3 is 0 Å². The molecule has 3 saturated carbocycles. The Labute approximate surface area is 211 Å². The first-order chi connectivity index (χ1) is 16.7. The highest BCUT2D eigenvalue weighted by molar-refractivity contribution is 7.83. The molecule has 186 valence electrons. The molecular weight excluding hydrogens is 456 g/mol. The van der Waals surface area contributed by atoms with Crippen LogP contribution in [0.1, 0.15) is 62.8 Å². The van der Waals surface area contributed by atoms with Crippen molar-refractivity contribution in [3.05, 3.63) is 41.0 Å². The van der Waals surface area contributed by atoms with Crippen LogP contribution in [-0.4, -0.2) is 69.0 Å². The van der Waals surface area contributed by atoms with Crippen molar-refractivity contribution in [2.45, 2.75) is 79.6 Å². The fourth-order valence-corrected chi connectivity index (χ4v) is 10.5. The Kier molecular flexibility index (Phi) is 5.03. The highest BCUT2D eigenvalue weighted by atomic mass is 31.1. The Morgan fingerprint density at radius 1 is 1.06 bits per heavy atom. The summed E-state index contributed by atoms with van der Waals surface area (Å²) in [7, 11) is 10.1. The zero-order valence-corrected chi connectivity index (χ0v) is 22.2. The van der Waals surface area contributed by atoms with E-state index in [2.05, 4.69) is 49.9 Å². The molecule has 2 heterocycles. The molecule has 4 aliphatic carbocycles. The molecule has 1 unspecified atom stereocenters. The molecule has 5 nitrogen and oxygen atoms in total. The molecule has 0 amide bonds. The van der Waals surface area contributed by atoms with Gasteiger partial charge in [-0.2, -0.15) is 0 Å². The van der Waals surface area contributed by atoms with Gasteiger partial charge in [-0.15, -0.1) is 7.80 Å². The lowest BCUT2D eigenvalue weighted by molar-refractivity contribution is -0.208. The summed E-state index contributed by atoms with van der Waals surface area (Å²) in [5.74, 6) is 0.666. The molecule has 2 spiro atoms. The van der Waals surface area contributed by atoms with Crippen molar-refractivity contribution in [2.75, 3.05) is 38.9 Å². The van der Waals surface area contributed by atoms with Crippen LogP contribution in [0.3, 0.4) is 0 Å². The minimum Gasteiger partial charge on any atom is -0.385 e. The van der Waals surface area contributed by atoms with Gasteiger partial charge in [0.1, 0.15) is 18.5 Å². The largest absolute Gasteiger partial charge is 0.385 e. The Balaban J connectivity index is 1.34. The second-order valence-corrected chi connectivity index (χ2v) is 14.1. The topological polar surface area (TPSA) is 54.5 Å². The van der Waals surface area contributed by atoms with Crippen molar-refractivity contribution in [2.24, 2.45) is 11.8 Å². The molecule has 0 aromatic heterocycles. The predicted molar refractivity (Wildman–Crippen MR) is 139 cm³/mol. The van der Waals surface area contributed by atoms with Gasteiger partial charge in [0.25, 0.3) is 0 Å². The number of epoxide rings is 1. The van der Waals surface area contributed by atoms with Crippen LogP contribution in [0, 0.1) is 11.8 Å². The Bertz CT molecular complexity index is 1070. The molecule has 7 atom stereocenters. The molecule has 2 saturated heterocycles. The molecule has 2 aliphatic heterocycles. The fraction of sp³-hybridized carbons (Fsp3) is 0.714. The highest BCUT2D eigenvalue weighted by Crippen LogP contribution is 2.80. The van der Waals surface area contributed by atoms with Gasteiger partial charge < -0.3 is 24.2 Å². The second kappa shape index (κ2) is 7.57. The first-order valence-corrected chi connectivity index (χ1v) is 15.3. The predicted octanol–water partition coefficient (Wildman–Crippen LogP) is 4.68. The van der Waals surface area contributed by atoms with E-state index in [1.807, 2.05) is 0 Å². The van der Waals surface area contributed by atoms with Crippen LogP contribution in [0.2, 0.25) is 0 Å². The number of aliphatic hydroxyl groups is 1. The first-order valence-electron chi connectivity index (χ1n) is 13.4. The van der Waals surface area contributed by atoms with Gasteiger partial charge in [0.15, 0.2) is 5.79 Å². The second-order valence-electron chi connectivity index (χ2n) is 12.2. The summed E-state index contributed by atoms with van der Waals surface area (Å²) >= 11 is 0. The van der Waals surface area contributed by atoms with E-state index in [9.17, 15) is 5.11 Å². The van der Waals surface area contributed by atoms with Crippen LogP contribution < -0.4 is 4.90 Å². The smallest absolute Gasteiger partial charge is 0.171 e. The maximum absolute atomic E-state index is 12.1. The van der Waals surface area contributed by atoms with Crippen LogP contribution in [0.15, 0.2) is 35.4 Å². The van der Waals surface area contributed by atoms with E-state index in [0.717, 1.165) is 38.5 Å². The van der Waals surface area contributed by atoms with E-state index in [4.69, 9.17) is 21.8 Å². The van der Waals surface area contributed by atoms with Gasteiger partial charge in [0.2, 0.25) is 0 Å². The number of hydrogen-bond acceptors (Lipinski definition) is 5. The summed E-state index contributed by atoms with van der Waals surface area (Å²) in [6.07, 6.45) is 7.35. The molecule has 35 heavy (non-hydrogen) atoms. The number of anilines is 1. The quantitative estimate of drug-likeness (QED) is 0.287. The minimum absolute atomic E-state index is 0.0785. The van der Waals surface area contributed by atoms with Crippen molar-refractivity contribution < 1.29 is 19.3 Å². The highest BCUT2D eigenvalue weighted by Gasteiger charge is 2.80. The van der Waals surface area contributed by atoms with Crippen LogP contribution >= 0.6 is 7.80 Å². The summed E-state index contributed by atoms with van der Waals surface area (Å²) < 4.78 is 18.9. The number of fused-ring (bicyclic) bond motifs is 3. The summed E-state index contributed by atoms with van der Waals surface area (Å²) in [4.78, 5) is 2.15. The molecule has 1 N–H and O–H groups in total. The SMILES string of the molecule is [B]P(C)[C@]12CC[C@H]3[C@@H]4CC[C@@]5(O)CC6(CCC5=C4[C@@H](c4ccc(N(C)C)cc4)C[C@@]31O2)OCCO6. The maximum atomic E-state index is 12.1. The molecule has 0 bridgehead atoms. The Hall–Kier alpha value is -0.905. The number of benzene rings is 1. The van der Waals surface area contributed by atoms with Crippen molar-refractivity contribution in [1.29, 1.82) is 0 Å². The third-order valence-corrected chi connectivity index (χ3v) is 12.3. The van der Waals surface area contributed by atoms with Gasteiger partial charge in [0.05, 0.1) is 18.8 Å². The van der Waals surface area contributed by atoms with E-state index in [0.29, 0.717) is 31.5 Å². The van der Waals surface area contributed by atoms with Crippen LogP contribution in [-0.2, 0) is 14.2 Å². The summed E-state index contributed by atoms with van der Waals surface area (Å²) in [5.41, 5.74) is 4.46. The lowest BCUT2D eigenvalue weighted by Crippen LogP contribution is -2.53. The van der Waals surface area contributed by atoms with E-state index < -0.39 is 19.2 Å². The molecular formula is C28H37BNO4P. The van der Waals surface area contributed by atoms with E-state index in [1.54, 1.807) is 0 Å². The molecule has 7 heteroatoms. The summed E-state index contributed by atoms with van der Waals surface area (Å²) in [6, 6.07) is 9.07. The number of ether oxygens (including phenoxy) is 3. The zero-order valence-electron chi connectivity index (χ0n) is 21.3. The van der Waals surface area contributed by atoms with Crippen molar-refractivity contribution >= 4 is 21.1 Å². The molecule has 5 fully saturated rings. The Morgan fingerprint density at radius 2 is 1.80 bits per heavy atom. The monoisotopic (exact) mass is 493 g/mol. The van der Waals surface area contributed by atoms with Crippen LogP contribution in [0.4, 0.5) is 5.69 Å². The lowest BCUT2D eigenvalue weighted by atomic mass is 9.55. The van der Waals surface area contributed by atoms with Crippen molar-refractivity contribution in [3.63, 3.8) is 0 Å². The molecule has 7 rings (SSSR count). The number of nitrogens with zero attached hydrogens (tertiary/aromatic N) is 1. The van der Waals surface area contributed by atoms with Gasteiger partial charge in [-0.3, -0.25) is 0 Å². The van der Waals surface area contributed by atoms with Crippen LogP contribution in [0.25, 0.3) is 0 Å². The number of rotatable bonds is 3. The van der Waals surface area contributed by atoms with Gasteiger partial charge in [-0.05, 0) is 73.6 Å². The summed E-state index contributed by atoms with van der Waals surface area (Å²) in [6.45, 7) is 3.46. The summed E-state index contributed by atoms with van der Waals surface area (Å²) in [5, 5.41) is 12.0. The third-order valence-electron chi connectivity index (χ3n) is 10.4. The number of allylic oxidation sites excluding steroid dienone is 1. The third kappa shape index (κ3) is 3.07. The zero-order chi connectivity index (χ0) is 24.2. The Morgan fingerprint density at radius 3 is 2.46 bits per heavy atom. The van der Waals surface area contributed by atoms with E-state index in [1.165, 1.54) is 28.8 Å². The standard InChI is InChI=1S/C28H37BNO4P/c1-30(2)19-6-4-18(5-7-19)21-16-27-22(10-13-28(27,34-27)35(3)29)20-8-11-25(31)17-26(32-14-15-33-26)12-9-23(25)24(20)21/h4-7,20-22,31H,8-17H2,1-3H3/t20-,21+,22-,25+,27+,28+,35?/m0/s1. The lowest BCUT2D eigenvalue weighted by Gasteiger charge is -2.53. The fourth-order valence-electron chi connectivity index (χ4n) is 8.87. The molecule has 2 radical (unpaired) electrons. The molecule has 1 aromatic rings.